The lowest BCUT2D eigenvalue weighted by molar-refractivity contribution is -0.154. The molecular formula is C14H25N3O4. The minimum absolute atomic E-state index is 0.00821. The van der Waals surface area contributed by atoms with Crippen molar-refractivity contribution in [1.82, 2.24) is 15.5 Å². The van der Waals surface area contributed by atoms with Crippen LogP contribution in [0.5, 0.6) is 0 Å². The molecule has 0 atom stereocenters. The zero-order chi connectivity index (χ0) is 15.9. The van der Waals surface area contributed by atoms with Crippen LogP contribution in [0.1, 0.15) is 33.6 Å². The number of rotatable bonds is 4. The standard InChI is InChI=1S/C14H25N3O4/c1-14(2,3)21-13(20)9-16-12(19)10-17-7-4-6-15-11(18)5-8-17/h4-10H2,1-3H3,(H,15,18)(H,16,19). The first kappa shape index (κ1) is 17.4. The Hall–Kier alpha value is -1.63. The summed E-state index contributed by atoms with van der Waals surface area (Å²) in [6.45, 7) is 7.31. The summed E-state index contributed by atoms with van der Waals surface area (Å²) >= 11 is 0. The molecule has 0 aliphatic carbocycles. The number of carbonyl (C=O) groups is 3. The first-order chi connectivity index (χ1) is 9.76. The van der Waals surface area contributed by atoms with Crippen LogP contribution in [0.2, 0.25) is 0 Å². The highest BCUT2D eigenvalue weighted by molar-refractivity contribution is 5.83. The van der Waals surface area contributed by atoms with Crippen molar-refractivity contribution in [2.75, 3.05) is 32.7 Å². The Morgan fingerprint density at radius 2 is 2.05 bits per heavy atom. The molecule has 0 unspecified atom stereocenters. The Morgan fingerprint density at radius 3 is 2.71 bits per heavy atom. The third kappa shape index (κ3) is 8.29. The number of amides is 2. The van der Waals surface area contributed by atoms with Crippen molar-refractivity contribution < 1.29 is 19.1 Å². The van der Waals surface area contributed by atoms with Crippen molar-refractivity contribution in [3.05, 3.63) is 0 Å². The average Bonchev–Trinajstić information content (AvgIpc) is 2.33. The molecule has 1 fully saturated rings. The lowest BCUT2D eigenvalue weighted by Crippen LogP contribution is -2.44. The van der Waals surface area contributed by atoms with E-state index in [4.69, 9.17) is 4.74 Å². The van der Waals surface area contributed by atoms with Gasteiger partial charge >= 0.3 is 5.97 Å². The van der Waals surface area contributed by atoms with Gasteiger partial charge in [0.2, 0.25) is 11.8 Å². The van der Waals surface area contributed by atoms with Gasteiger partial charge in [-0.2, -0.15) is 0 Å². The molecule has 0 aromatic carbocycles. The Balaban J connectivity index is 2.29. The quantitative estimate of drug-likeness (QED) is 0.693. The van der Waals surface area contributed by atoms with Crippen LogP contribution in [0.15, 0.2) is 0 Å². The van der Waals surface area contributed by atoms with Crippen LogP contribution in [0.3, 0.4) is 0 Å². The summed E-state index contributed by atoms with van der Waals surface area (Å²) in [5, 5.41) is 5.34. The zero-order valence-electron chi connectivity index (χ0n) is 13.0. The minimum atomic E-state index is -0.557. The maximum atomic E-state index is 11.8. The molecule has 2 amide bonds. The summed E-state index contributed by atoms with van der Waals surface area (Å²) in [5.74, 6) is -0.682. The Bertz CT molecular complexity index is 390. The van der Waals surface area contributed by atoms with E-state index in [1.807, 2.05) is 4.90 Å². The average molecular weight is 299 g/mol. The van der Waals surface area contributed by atoms with Crippen molar-refractivity contribution in [2.45, 2.75) is 39.2 Å². The number of nitrogens with zero attached hydrogens (tertiary/aromatic N) is 1. The van der Waals surface area contributed by atoms with Crippen molar-refractivity contribution in [3.8, 4) is 0 Å². The van der Waals surface area contributed by atoms with Gasteiger partial charge in [0.25, 0.3) is 0 Å². The van der Waals surface area contributed by atoms with Crippen LogP contribution in [-0.2, 0) is 19.1 Å². The van der Waals surface area contributed by atoms with Crippen LogP contribution in [0, 0.1) is 0 Å². The van der Waals surface area contributed by atoms with E-state index in [9.17, 15) is 14.4 Å². The second-order valence-corrected chi connectivity index (χ2v) is 6.09. The van der Waals surface area contributed by atoms with E-state index in [1.165, 1.54) is 0 Å². The molecule has 1 rings (SSSR count). The van der Waals surface area contributed by atoms with Gasteiger partial charge in [-0.3, -0.25) is 19.3 Å². The van der Waals surface area contributed by atoms with E-state index in [0.717, 1.165) is 13.0 Å². The summed E-state index contributed by atoms with van der Waals surface area (Å²) < 4.78 is 5.11. The molecule has 2 N–H and O–H groups in total. The predicted molar refractivity (Wildman–Crippen MR) is 77.5 cm³/mol. The summed E-state index contributed by atoms with van der Waals surface area (Å²) in [6.07, 6.45) is 1.20. The normalized spacial score (nSPS) is 17.4. The maximum Gasteiger partial charge on any atom is 0.325 e. The van der Waals surface area contributed by atoms with E-state index in [2.05, 4.69) is 10.6 Å². The van der Waals surface area contributed by atoms with Crippen molar-refractivity contribution in [3.63, 3.8) is 0 Å². The third-order valence-corrected chi connectivity index (χ3v) is 2.85. The summed E-state index contributed by atoms with van der Waals surface area (Å²) in [7, 11) is 0. The fraction of sp³-hybridized carbons (Fsp3) is 0.786. The van der Waals surface area contributed by atoms with Crippen molar-refractivity contribution >= 4 is 17.8 Å². The lowest BCUT2D eigenvalue weighted by Gasteiger charge is -2.24. The highest BCUT2D eigenvalue weighted by atomic mass is 16.6. The number of ether oxygens (including phenoxy) is 1. The monoisotopic (exact) mass is 299 g/mol. The molecule has 0 radical (unpaired) electrons. The van der Waals surface area contributed by atoms with Crippen LogP contribution < -0.4 is 10.6 Å². The number of carbonyl (C=O) groups excluding carboxylic acids is 3. The smallest absolute Gasteiger partial charge is 0.325 e. The fourth-order valence-corrected chi connectivity index (χ4v) is 1.96. The van der Waals surface area contributed by atoms with Gasteiger partial charge in [-0.15, -0.1) is 0 Å². The van der Waals surface area contributed by atoms with Gasteiger partial charge in [0, 0.05) is 26.1 Å². The first-order valence-corrected chi connectivity index (χ1v) is 7.24. The molecule has 0 saturated carbocycles. The number of nitrogens with one attached hydrogen (secondary N) is 2. The highest BCUT2D eigenvalue weighted by Crippen LogP contribution is 2.06. The molecular weight excluding hydrogens is 274 g/mol. The van der Waals surface area contributed by atoms with E-state index >= 15 is 0 Å². The molecule has 120 valence electrons. The molecule has 1 saturated heterocycles. The largest absolute Gasteiger partial charge is 0.459 e. The molecule has 1 aliphatic heterocycles. The van der Waals surface area contributed by atoms with E-state index in [-0.39, 0.29) is 24.9 Å². The molecule has 0 aromatic rings. The second kappa shape index (κ2) is 7.97. The van der Waals surface area contributed by atoms with Gasteiger partial charge in [-0.1, -0.05) is 0 Å². The molecule has 7 nitrogen and oxygen atoms in total. The van der Waals surface area contributed by atoms with Crippen LogP contribution >= 0.6 is 0 Å². The Labute approximate surface area is 125 Å². The summed E-state index contributed by atoms with van der Waals surface area (Å²) in [4.78, 5) is 36.5. The van der Waals surface area contributed by atoms with Gasteiger partial charge in [-0.05, 0) is 27.2 Å². The molecule has 21 heavy (non-hydrogen) atoms. The van der Waals surface area contributed by atoms with Crippen LogP contribution in [0.4, 0.5) is 0 Å². The minimum Gasteiger partial charge on any atom is -0.459 e. The summed E-state index contributed by atoms with van der Waals surface area (Å²) in [5.41, 5.74) is -0.557. The van der Waals surface area contributed by atoms with Crippen LogP contribution in [-0.4, -0.2) is 61.0 Å². The van der Waals surface area contributed by atoms with Crippen LogP contribution in [0.25, 0.3) is 0 Å². The number of esters is 1. The Morgan fingerprint density at radius 1 is 1.33 bits per heavy atom. The van der Waals surface area contributed by atoms with Crippen molar-refractivity contribution in [2.24, 2.45) is 0 Å². The molecule has 1 aliphatic rings. The second-order valence-electron chi connectivity index (χ2n) is 6.09. The molecule has 0 spiro atoms. The molecule has 0 bridgehead atoms. The van der Waals surface area contributed by atoms with E-state index in [0.29, 0.717) is 19.5 Å². The van der Waals surface area contributed by atoms with Gasteiger partial charge in [0.05, 0.1) is 6.54 Å². The SMILES string of the molecule is CC(C)(C)OC(=O)CNC(=O)CN1CCCNC(=O)CC1. The van der Waals surface area contributed by atoms with E-state index < -0.39 is 11.6 Å². The molecule has 1 heterocycles. The highest BCUT2D eigenvalue weighted by Gasteiger charge is 2.18. The topological polar surface area (TPSA) is 87.7 Å². The van der Waals surface area contributed by atoms with Gasteiger partial charge in [-0.25, -0.2) is 0 Å². The zero-order valence-corrected chi connectivity index (χ0v) is 13.0. The number of hydrogen-bond acceptors (Lipinski definition) is 5. The van der Waals surface area contributed by atoms with Gasteiger partial charge in [0.1, 0.15) is 12.1 Å². The van der Waals surface area contributed by atoms with Gasteiger partial charge in [0.15, 0.2) is 0 Å². The maximum absolute atomic E-state index is 11.8. The summed E-state index contributed by atoms with van der Waals surface area (Å²) in [6, 6.07) is 0. The third-order valence-electron chi connectivity index (χ3n) is 2.85. The predicted octanol–water partition coefficient (Wildman–Crippen LogP) is -0.344. The van der Waals surface area contributed by atoms with E-state index in [1.54, 1.807) is 20.8 Å². The Kier molecular flexibility index (Phi) is 6.61. The van der Waals surface area contributed by atoms with Crippen molar-refractivity contribution in [1.29, 1.82) is 0 Å². The molecule has 7 heteroatoms. The first-order valence-electron chi connectivity index (χ1n) is 7.24. The fourth-order valence-electron chi connectivity index (χ4n) is 1.96. The number of hydrogen-bond donors (Lipinski definition) is 2. The van der Waals surface area contributed by atoms with Gasteiger partial charge < -0.3 is 15.4 Å². The molecule has 0 aromatic heterocycles. The lowest BCUT2D eigenvalue weighted by atomic mass is 10.2.